The van der Waals surface area contributed by atoms with Gasteiger partial charge in [0.15, 0.2) is 11.5 Å². The number of carbonyl (C=O) groups is 2. The maximum Gasteiger partial charge on any atom is 0.410 e. The molecule has 0 spiro atoms. The van der Waals surface area contributed by atoms with Crippen molar-refractivity contribution in [1.82, 2.24) is 24.6 Å². The predicted octanol–water partition coefficient (Wildman–Crippen LogP) is 6.42. The number of amides is 2. The normalized spacial score (nSPS) is 14.4. The van der Waals surface area contributed by atoms with E-state index in [-0.39, 0.29) is 18.0 Å². The second kappa shape index (κ2) is 14.3. The van der Waals surface area contributed by atoms with Crippen LogP contribution in [0.3, 0.4) is 0 Å². The molecule has 2 aromatic carbocycles. The number of benzene rings is 2. The Hall–Kier alpha value is -5.85. The average Bonchev–Trinajstić information content (AvgIpc) is 3.70. The van der Waals surface area contributed by atoms with Crippen molar-refractivity contribution in [2.24, 2.45) is 0 Å². The van der Waals surface area contributed by atoms with E-state index in [1.54, 1.807) is 54.7 Å². The molecular formula is C37H42N8O5. The molecule has 1 aliphatic heterocycles. The molecule has 2 N–H and O–H groups in total. The lowest BCUT2D eigenvalue weighted by Gasteiger charge is -2.24. The van der Waals surface area contributed by atoms with Gasteiger partial charge in [0, 0.05) is 69.0 Å². The van der Waals surface area contributed by atoms with E-state index >= 15 is 0 Å². The number of nitrogens with one attached hydrogen (secondary N) is 2. The number of pyridine rings is 2. The third kappa shape index (κ3) is 8.05. The molecule has 1 aliphatic rings. The molecule has 13 nitrogen and oxygen atoms in total. The smallest absolute Gasteiger partial charge is 0.410 e. The molecule has 2 amide bonds. The lowest BCUT2D eigenvalue weighted by atomic mass is 10.2. The van der Waals surface area contributed by atoms with Crippen LogP contribution in [0.15, 0.2) is 79.1 Å². The highest BCUT2D eigenvalue weighted by molar-refractivity contribution is 6.04. The topological polar surface area (TPSA) is 136 Å². The quantitative estimate of drug-likeness (QED) is 0.170. The van der Waals surface area contributed by atoms with Crippen molar-refractivity contribution in [1.29, 1.82) is 0 Å². The maximum atomic E-state index is 13.0. The van der Waals surface area contributed by atoms with Gasteiger partial charge in [-0.1, -0.05) is 12.1 Å². The zero-order chi connectivity index (χ0) is 35.4. The van der Waals surface area contributed by atoms with Gasteiger partial charge < -0.3 is 34.6 Å². The van der Waals surface area contributed by atoms with Crippen LogP contribution in [-0.4, -0.2) is 82.6 Å². The van der Waals surface area contributed by atoms with Crippen LogP contribution in [0.25, 0.3) is 11.0 Å². The fourth-order valence-electron chi connectivity index (χ4n) is 5.59. The highest BCUT2D eigenvalue weighted by atomic mass is 16.6. The maximum absolute atomic E-state index is 13.0. The van der Waals surface area contributed by atoms with E-state index in [0.29, 0.717) is 59.4 Å². The second-order valence-corrected chi connectivity index (χ2v) is 13.3. The van der Waals surface area contributed by atoms with E-state index < -0.39 is 5.60 Å². The van der Waals surface area contributed by atoms with Crippen molar-refractivity contribution in [3.8, 4) is 17.2 Å². The number of anilines is 3. The van der Waals surface area contributed by atoms with E-state index in [4.69, 9.17) is 24.3 Å². The third-order valence-electron chi connectivity index (χ3n) is 8.11. The first-order valence-electron chi connectivity index (χ1n) is 16.4. The largest absolute Gasteiger partial charge is 0.497 e. The van der Waals surface area contributed by atoms with E-state index in [2.05, 4.69) is 15.6 Å². The number of hydrogen-bond acceptors (Lipinski definition) is 10. The summed E-state index contributed by atoms with van der Waals surface area (Å²) in [6, 6.07) is 20.1. The molecule has 6 rings (SSSR count). The van der Waals surface area contributed by atoms with E-state index in [0.717, 1.165) is 23.4 Å². The molecule has 0 radical (unpaired) electrons. The van der Waals surface area contributed by atoms with Gasteiger partial charge >= 0.3 is 6.09 Å². The molecule has 50 heavy (non-hydrogen) atoms. The zero-order valence-corrected chi connectivity index (χ0v) is 29.1. The number of ether oxygens (including phenoxy) is 3. The summed E-state index contributed by atoms with van der Waals surface area (Å²) in [7, 11) is 5.49. The molecule has 1 fully saturated rings. The summed E-state index contributed by atoms with van der Waals surface area (Å²) >= 11 is 0. The number of likely N-dealkylation sites (tertiary alicyclic amines) is 1. The van der Waals surface area contributed by atoms with Gasteiger partial charge in [-0.05, 0) is 75.2 Å². The van der Waals surface area contributed by atoms with Gasteiger partial charge in [-0.2, -0.15) is 5.10 Å². The highest BCUT2D eigenvalue weighted by Gasteiger charge is 2.31. The summed E-state index contributed by atoms with van der Waals surface area (Å²) in [5.41, 5.74) is 2.46. The standard InChI is InChI=1S/C37H42N8O5/c1-37(2,3)50-36(47)44-20-17-26(23-44)40-33-32-30(16-19-39-34(32)45(42-33)22-24-7-11-28(48-6)12-8-24)49-29-13-9-25(10-14-29)35(46)41-31-21-27(43(4)5)15-18-38-31/h7-16,18-19,21,26H,17,20,22-23H2,1-6H3,(H,40,42)(H,38,41,46). The van der Waals surface area contributed by atoms with E-state index in [1.807, 2.05) is 80.8 Å². The van der Waals surface area contributed by atoms with Crippen LogP contribution in [0.4, 0.5) is 22.1 Å². The van der Waals surface area contributed by atoms with Gasteiger partial charge in [0.1, 0.15) is 34.1 Å². The van der Waals surface area contributed by atoms with Crippen LogP contribution in [-0.2, 0) is 11.3 Å². The molecule has 1 saturated heterocycles. The summed E-state index contributed by atoms with van der Waals surface area (Å²) in [6.45, 7) is 7.07. The molecule has 4 heterocycles. The molecular weight excluding hydrogens is 636 g/mol. The third-order valence-corrected chi connectivity index (χ3v) is 8.11. The van der Waals surface area contributed by atoms with Crippen molar-refractivity contribution >= 4 is 40.4 Å². The summed E-state index contributed by atoms with van der Waals surface area (Å²) < 4.78 is 19.2. The molecule has 0 bridgehead atoms. The summed E-state index contributed by atoms with van der Waals surface area (Å²) in [6.07, 6.45) is 3.73. The number of hydrogen-bond donors (Lipinski definition) is 2. The van der Waals surface area contributed by atoms with Crippen molar-refractivity contribution in [3.05, 3.63) is 90.3 Å². The molecule has 0 saturated carbocycles. The first-order valence-corrected chi connectivity index (χ1v) is 16.4. The Morgan fingerprint density at radius 1 is 0.960 bits per heavy atom. The average molecular weight is 679 g/mol. The van der Waals surface area contributed by atoms with Gasteiger partial charge in [-0.3, -0.25) is 4.79 Å². The van der Waals surface area contributed by atoms with Gasteiger partial charge in [-0.15, -0.1) is 0 Å². The van der Waals surface area contributed by atoms with Crippen LogP contribution >= 0.6 is 0 Å². The summed E-state index contributed by atoms with van der Waals surface area (Å²) in [4.78, 5) is 38.4. The molecule has 0 aliphatic carbocycles. The van der Waals surface area contributed by atoms with E-state index in [1.165, 1.54) is 0 Å². The van der Waals surface area contributed by atoms with Crippen LogP contribution in [0.1, 0.15) is 43.1 Å². The predicted molar refractivity (Wildman–Crippen MR) is 192 cm³/mol. The van der Waals surface area contributed by atoms with Crippen LogP contribution in [0, 0.1) is 0 Å². The number of rotatable bonds is 10. The number of fused-ring (bicyclic) bond motifs is 1. The van der Waals surface area contributed by atoms with Gasteiger partial charge in [0.2, 0.25) is 0 Å². The molecule has 13 heteroatoms. The Labute approximate surface area is 291 Å². The fraction of sp³-hybridized carbons (Fsp3) is 0.324. The first kappa shape index (κ1) is 34.0. The summed E-state index contributed by atoms with van der Waals surface area (Å²) in [5.74, 6) is 2.62. The molecule has 260 valence electrons. The van der Waals surface area contributed by atoms with Crippen molar-refractivity contribution in [2.45, 2.75) is 45.4 Å². The van der Waals surface area contributed by atoms with Gasteiger partial charge in [0.25, 0.3) is 5.91 Å². The minimum Gasteiger partial charge on any atom is -0.497 e. The van der Waals surface area contributed by atoms with Crippen molar-refractivity contribution in [3.63, 3.8) is 0 Å². The lowest BCUT2D eigenvalue weighted by molar-refractivity contribution is 0.0293. The van der Waals surface area contributed by atoms with Crippen molar-refractivity contribution in [2.75, 3.05) is 49.8 Å². The molecule has 1 atom stereocenters. The van der Waals surface area contributed by atoms with Crippen LogP contribution in [0.2, 0.25) is 0 Å². The molecule has 3 aromatic heterocycles. The zero-order valence-electron chi connectivity index (χ0n) is 29.1. The molecule has 1 unspecified atom stereocenters. The Balaban J connectivity index is 1.24. The Morgan fingerprint density at radius 2 is 1.68 bits per heavy atom. The Morgan fingerprint density at radius 3 is 2.38 bits per heavy atom. The number of carbonyl (C=O) groups excluding carboxylic acids is 2. The minimum absolute atomic E-state index is 0.0613. The Bertz CT molecular complexity index is 1970. The number of nitrogens with zero attached hydrogens (tertiary/aromatic N) is 6. The minimum atomic E-state index is -0.575. The summed E-state index contributed by atoms with van der Waals surface area (Å²) in [5, 5.41) is 12.1. The fourth-order valence-corrected chi connectivity index (χ4v) is 5.59. The van der Waals surface area contributed by atoms with Crippen LogP contribution < -0.4 is 25.0 Å². The monoisotopic (exact) mass is 678 g/mol. The highest BCUT2D eigenvalue weighted by Crippen LogP contribution is 2.35. The lowest BCUT2D eigenvalue weighted by Crippen LogP contribution is -2.36. The van der Waals surface area contributed by atoms with Crippen molar-refractivity contribution < 1.29 is 23.8 Å². The SMILES string of the molecule is COc1ccc(Cn2nc(NC3CCN(C(=O)OC(C)(C)C)C3)c3c(Oc4ccc(C(=O)Nc5cc(N(C)C)ccn5)cc4)ccnc32)cc1. The number of aromatic nitrogens is 4. The Kier molecular flexibility index (Phi) is 9.75. The van der Waals surface area contributed by atoms with Crippen LogP contribution in [0.5, 0.6) is 17.2 Å². The second-order valence-electron chi connectivity index (χ2n) is 13.3. The van der Waals surface area contributed by atoms with E-state index in [9.17, 15) is 9.59 Å². The first-order chi connectivity index (χ1) is 24.0. The van der Waals surface area contributed by atoms with Gasteiger partial charge in [0.05, 0.1) is 13.7 Å². The van der Waals surface area contributed by atoms with Gasteiger partial charge in [-0.25, -0.2) is 19.4 Å². The molecule has 5 aromatic rings. The number of methoxy groups -OCH3 is 1.